The van der Waals surface area contributed by atoms with Crippen LogP contribution in [-0.2, 0) is 30.2 Å². The fraction of sp³-hybridized carbons (Fsp3) is 0.613. The lowest BCUT2D eigenvalue weighted by Crippen LogP contribution is -2.56. The second-order valence-corrected chi connectivity index (χ2v) is 12.6. The van der Waals surface area contributed by atoms with E-state index in [0.717, 1.165) is 31.2 Å². The van der Waals surface area contributed by atoms with Gasteiger partial charge in [-0.05, 0) is 86.1 Å². The minimum Gasteiger partial charge on any atom is -0.444 e. The number of carbonyl (C=O) groups is 2. The number of benzene rings is 1. The summed E-state index contributed by atoms with van der Waals surface area (Å²) in [6, 6.07) is 8.71. The fourth-order valence-corrected chi connectivity index (χ4v) is 4.49. The number of hydrogen-bond acceptors (Lipinski definition) is 6. The SMILES string of the molecule is CC(C)(C)OC(=O)NC(COCc1ccccc1)C(=O)NC(CCCC1=CCCC=C1)B1OC(C)(C)C(C)(C)O1.S. The summed E-state index contributed by atoms with van der Waals surface area (Å²) in [5, 5.41) is 5.81. The molecule has 0 bridgehead atoms. The largest absolute Gasteiger partial charge is 0.481 e. The number of alkyl carbamates (subject to hydrolysis) is 1. The third kappa shape index (κ3) is 11.2. The zero-order valence-electron chi connectivity index (χ0n) is 25.8. The molecule has 1 heterocycles. The van der Waals surface area contributed by atoms with Crippen LogP contribution in [-0.4, -0.2) is 54.5 Å². The summed E-state index contributed by atoms with van der Waals surface area (Å²) in [5.41, 5.74) is 0.498. The Morgan fingerprint density at radius 3 is 2.27 bits per heavy atom. The van der Waals surface area contributed by atoms with Crippen molar-refractivity contribution in [3.05, 3.63) is 59.7 Å². The molecule has 41 heavy (non-hydrogen) atoms. The van der Waals surface area contributed by atoms with Crippen molar-refractivity contribution in [2.75, 3.05) is 6.61 Å². The van der Waals surface area contributed by atoms with Gasteiger partial charge < -0.3 is 29.4 Å². The van der Waals surface area contributed by atoms with Crippen molar-refractivity contribution in [3.8, 4) is 0 Å². The van der Waals surface area contributed by atoms with E-state index >= 15 is 0 Å². The second kappa shape index (κ2) is 15.3. The average molecular weight is 589 g/mol. The van der Waals surface area contributed by atoms with Crippen LogP contribution < -0.4 is 10.6 Å². The molecule has 0 saturated carbocycles. The van der Waals surface area contributed by atoms with Gasteiger partial charge in [0.1, 0.15) is 11.6 Å². The van der Waals surface area contributed by atoms with Crippen molar-refractivity contribution >= 4 is 32.6 Å². The molecule has 2 amide bonds. The van der Waals surface area contributed by atoms with Crippen molar-refractivity contribution in [1.29, 1.82) is 0 Å². The molecule has 228 valence electrons. The molecule has 1 aromatic carbocycles. The first-order valence-corrected chi connectivity index (χ1v) is 14.4. The highest BCUT2D eigenvalue weighted by Crippen LogP contribution is 2.38. The molecule has 2 aliphatic rings. The molecule has 2 atom stereocenters. The van der Waals surface area contributed by atoms with Gasteiger partial charge in [-0.25, -0.2) is 4.79 Å². The Kier molecular flexibility index (Phi) is 13.0. The Morgan fingerprint density at radius 2 is 1.68 bits per heavy atom. The summed E-state index contributed by atoms with van der Waals surface area (Å²) in [7, 11) is -0.628. The molecule has 2 N–H and O–H groups in total. The van der Waals surface area contributed by atoms with Gasteiger partial charge in [-0.1, -0.05) is 54.1 Å². The summed E-state index contributed by atoms with van der Waals surface area (Å²) in [6.45, 7) is 13.6. The Hall–Kier alpha value is -2.27. The summed E-state index contributed by atoms with van der Waals surface area (Å²) in [4.78, 5) is 26.3. The number of ether oxygens (including phenoxy) is 2. The molecular weight excluding hydrogens is 539 g/mol. The standard InChI is InChI=1S/C31H47BN2O6.H2S/c1-29(2,3)38-28(36)33-25(22-37-21-24-17-12-9-13-18-24)27(35)34-26(20-14-19-23-15-10-8-11-16-23)32-39-30(4,5)31(6,7)40-32;/h9-10,12-13,15-18,25-26H,8,11,14,19-22H2,1-7H3,(H,33,36)(H,34,35);1H2. The molecule has 1 aliphatic carbocycles. The molecule has 0 spiro atoms. The van der Waals surface area contributed by atoms with Gasteiger partial charge in [-0.3, -0.25) is 4.79 Å². The zero-order valence-corrected chi connectivity index (χ0v) is 26.8. The molecule has 1 fully saturated rings. The first-order valence-electron chi connectivity index (χ1n) is 14.4. The highest BCUT2D eigenvalue weighted by Gasteiger charge is 2.54. The van der Waals surface area contributed by atoms with E-state index < -0.39 is 42.0 Å². The van der Waals surface area contributed by atoms with Crippen molar-refractivity contribution in [1.82, 2.24) is 10.6 Å². The molecule has 2 unspecified atom stereocenters. The molecule has 0 radical (unpaired) electrons. The van der Waals surface area contributed by atoms with Crippen LogP contribution in [0.4, 0.5) is 4.79 Å². The van der Waals surface area contributed by atoms with E-state index in [2.05, 4.69) is 28.9 Å². The Balaban J connectivity index is 0.00000588. The van der Waals surface area contributed by atoms with E-state index in [1.54, 1.807) is 20.8 Å². The second-order valence-electron chi connectivity index (χ2n) is 12.6. The summed E-state index contributed by atoms with van der Waals surface area (Å²) in [6.07, 6.45) is 10.5. The lowest BCUT2D eigenvalue weighted by molar-refractivity contribution is -0.125. The van der Waals surface area contributed by atoms with Gasteiger partial charge in [0.15, 0.2) is 0 Å². The van der Waals surface area contributed by atoms with Crippen molar-refractivity contribution in [2.24, 2.45) is 0 Å². The van der Waals surface area contributed by atoms with Crippen LogP contribution >= 0.6 is 13.5 Å². The van der Waals surface area contributed by atoms with E-state index in [0.29, 0.717) is 13.0 Å². The molecule has 8 nitrogen and oxygen atoms in total. The highest BCUT2D eigenvalue weighted by molar-refractivity contribution is 7.59. The summed E-state index contributed by atoms with van der Waals surface area (Å²) >= 11 is 0. The first kappa shape index (κ1) is 34.9. The van der Waals surface area contributed by atoms with Crippen molar-refractivity contribution in [3.63, 3.8) is 0 Å². The number of allylic oxidation sites excluding steroid dienone is 4. The number of amides is 2. The molecule has 0 aromatic heterocycles. The minimum absolute atomic E-state index is 0. The van der Waals surface area contributed by atoms with E-state index in [9.17, 15) is 9.59 Å². The molecular formula is C31H49BN2O6S. The molecule has 1 aliphatic heterocycles. The predicted octanol–water partition coefficient (Wildman–Crippen LogP) is 5.77. The van der Waals surface area contributed by atoms with E-state index in [1.165, 1.54) is 5.57 Å². The zero-order chi connectivity index (χ0) is 29.4. The minimum atomic E-state index is -0.965. The van der Waals surface area contributed by atoms with Gasteiger partial charge in [0, 0.05) is 0 Å². The van der Waals surface area contributed by atoms with Gasteiger partial charge in [0.05, 0.1) is 30.4 Å². The molecule has 3 rings (SSSR count). The van der Waals surface area contributed by atoms with Gasteiger partial charge in [-0.15, -0.1) is 0 Å². The maximum Gasteiger partial charge on any atom is 0.481 e. The Bertz CT molecular complexity index is 1040. The van der Waals surface area contributed by atoms with Crippen LogP contribution in [0.25, 0.3) is 0 Å². The smallest absolute Gasteiger partial charge is 0.444 e. The van der Waals surface area contributed by atoms with E-state index in [4.69, 9.17) is 18.8 Å². The lowest BCUT2D eigenvalue weighted by atomic mass is 9.75. The molecule has 1 saturated heterocycles. The highest BCUT2D eigenvalue weighted by atomic mass is 32.1. The predicted molar refractivity (Wildman–Crippen MR) is 168 cm³/mol. The quantitative estimate of drug-likeness (QED) is 0.301. The third-order valence-electron chi connectivity index (χ3n) is 7.38. The fourth-order valence-electron chi connectivity index (χ4n) is 4.49. The van der Waals surface area contributed by atoms with Gasteiger partial charge in [0.2, 0.25) is 5.91 Å². The van der Waals surface area contributed by atoms with E-state index in [1.807, 2.05) is 58.0 Å². The van der Waals surface area contributed by atoms with Crippen LogP contribution in [0.3, 0.4) is 0 Å². The normalized spacial score (nSPS) is 19.0. The first-order chi connectivity index (χ1) is 18.8. The Morgan fingerprint density at radius 1 is 1.02 bits per heavy atom. The van der Waals surface area contributed by atoms with Crippen LogP contribution in [0.1, 0.15) is 86.1 Å². The van der Waals surface area contributed by atoms with Gasteiger partial charge in [0.25, 0.3) is 0 Å². The van der Waals surface area contributed by atoms with Crippen LogP contribution in [0.15, 0.2) is 54.1 Å². The average Bonchev–Trinajstić information content (AvgIpc) is 3.09. The Labute approximate surface area is 253 Å². The maximum atomic E-state index is 13.6. The lowest BCUT2D eigenvalue weighted by Gasteiger charge is -2.32. The topological polar surface area (TPSA) is 95.1 Å². The third-order valence-corrected chi connectivity index (χ3v) is 7.38. The summed E-state index contributed by atoms with van der Waals surface area (Å²) < 4.78 is 23.9. The maximum absolute atomic E-state index is 13.6. The van der Waals surface area contributed by atoms with Crippen molar-refractivity contribution < 1.29 is 28.4 Å². The van der Waals surface area contributed by atoms with Crippen LogP contribution in [0, 0.1) is 0 Å². The number of hydrogen-bond donors (Lipinski definition) is 2. The monoisotopic (exact) mass is 588 g/mol. The van der Waals surface area contributed by atoms with Crippen LogP contribution in [0.2, 0.25) is 0 Å². The molecule has 10 heteroatoms. The van der Waals surface area contributed by atoms with Gasteiger partial charge in [-0.2, -0.15) is 13.5 Å². The summed E-state index contributed by atoms with van der Waals surface area (Å²) in [5.74, 6) is -0.797. The molecule has 1 aromatic rings. The van der Waals surface area contributed by atoms with Crippen molar-refractivity contribution in [2.45, 2.75) is 116 Å². The van der Waals surface area contributed by atoms with Gasteiger partial charge >= 0.3 is 13.2 Å². The van der Waals surface area contributed by atoms with Crippen LogP contribution in [0.5, 0.6) is 0 Å². The van der Waals surface area contributed by atoms with E-state index in [-0.39, 0.29) is 26.0 Å². The number of carbonyl (C=O) groups excluding carboxylic acids is 2. The number of nitrogens with one attached hydrogen (secondary N) is 2. The number of rotatable bonds is 12.